The molecule has 0 aromatic carbocycles. The van der Waals surface area contributed by atoms with Gasteiger partial charge in [-0.15, -0.1) is 0 Å². The topological polar surface area (TPSA) is 69.6 Å². The summed E-state index contributed by atoms with van der Waals surface area (Å²) in [4.78, 5) is 23.9. The predicted molar refractivity (Wildman–Crippen MR) is 55.5 cm³/mol. The van der Waals surface area contributed by atoms with E-state index in [0.29, 0.717) is 12.6 Å². The Kier molecular flexibility index (Phi) is 4.08. The first-order valence-electron chi connectivity index (χ1n) is 5.23. The van der Waals surface area contributed by atoms with Crippen LogP contribution in [-0.2, 0) is 9.59 Å². The number of hydrogen-bond donors (Lipinski definition) is 2. The largest absolute Gasteiger partial charge is 0.481 e. The Balaban J connectivity index is 2.13. The third-order valence-electron chi connectivity index (χ3n) is 2.70. The van der Waals surface area contributed by atoms with Crippen LogP contribution in [0.15, 0.2) is 0 Å². The fourth-order valence-corrected chi connectivity index (χ4v) is 1.32. The van der Waals surface area contributed by atoms with Crippen molar-refractivity contribution in [3.05, 3.63) is 0 Å². The molecule has 0 heterocycles. The molecule has 1 aliphatic rings. The zero-order valence-electron chi connectivity index (χ0n) is 9.19. The van der Waals surface area contributed by atoms with Gasteiger partial charge in [0.05, 0.1) is 0 Å². The Morgan fingerprint density at radius 2 is 2.13 bits per heavy atom. The average molecular weight is 214 g/mol. The van der Waals surface area contributed by atoms with Gasteiger partial charge < -0.3 is 15.3 Å². The molecule has 5 heteroatoms. The highest BCUT2D eigenvalue weighted by Gasteiger charge is 2.26. The summed E-state index contributed by atoms with van der Waals surface area (Å²) in [5, 5.41) is 11.2. The van der Waals surface area contributed by atoms with Crippen LogP contribution in [-0.4, -0.2) is 48.1 Å². The quantitative estimate of drug-likeness (QED) is 0.607. The second-order valence-corrected chi connectivity index (χ2v) is 4.06. The number of nitrogens with one attached hydrogen (secondary N) is 1. The van der Waals surface area contributed by atoms with E-state index in [2.05, 4.69) is 10.2 Å². The van der Waals surface area contributed by atoms with Crippen LogP contribution in [0.3, 0.4) is 0 Å². The third-order valence-corrected chi connectivity index (χ3v) is 2.70. The molecule has 1 atom stereocenters. The molecule has 1 fully saturated rings. The number of hydrogen-bond acceptors (Lipinski definition) is 3. The maximum absolute atomic E-state index is 11.2. The molecular formula is C10H18N2O3. The molecule has 1 saturated carbocycles. The lowest BCUT2D eigenvalue weighted by Gasteiger charge is -2.16. The van der Waals surface area contributed by atoms with Crippen LogP contribution in [0.5, 0.6) is 0 Å². The summed E-state index contributed by atoms with van der Waals surface area (Å²) in [6.07, 6.45) is 2.46. The monoisotopic (exact) mass is 214 g/mol. The molecule has 5 nitrogen and oxygen atoms in total. The predicted octanol–water partition coefficient (Wildman–Crippen LogP) is -0.0825. The van der Waals surface area contributed by atoms with Gasteiger partial charge in [0.15, 0.2) is 0 Å². The van der Waals surface area contributed by atoms with Gasteiger partial charge in [-0.1, -0.05) is 0 Å². The zero-order chi connectivity index (χ0) is 11.4. The van der Waals surface area contributed by atoms with Crippen molar-refractivity contribution in [3.63, 3.8) is 0 Å². The van der Waals surface area contributed by atoms with E-state index in [1.165, 1.54) is 19.8 Å². The van der Waals surface area contributed by atoms with Gasteiger partial charge in [0.25, 0.3) is 0 Å². The van der Waals surface area contributed by atoms with E-state index in [0.717, 1.165) is 6.54 Å². The van der Waals surface area contributed by atoms with Crippen LogP contribution in [0.2, 0.25) is 0 Å². The lowest BCUT2D eigenvalue weighted by Crippen LogP contribution is -2.38. The van der Waals surface area contributed by atoms with E-state index in [1.807, 2.05) is 7.05 Å². The number of amides is 1. The molecule has 0 bridgehead atoms. The highest BCUT2D eigenvalue weighted by atomic mass is 16.4. The first-order valence-corrected chi connectivity index (χ1v) is 5.23. The second-order valence-electron chi connectivity index (χ2n) is 4.06. The molecule has 0 aromatic rings. The van der Waals surface area contributed by atoms with E-state index in [1.54, 1.807) is 0 Å². The maximum Gasteiger partial charge on any atom is 0.315 e. The van der Waals surface area contributed by atoms with Gasteiger partial charge in [0, 0.05) is 19.1 Å². The minimum atomic E-state index is -1.08. The summed E-state index contributed by atoms with van der Waals surface area (Å²) in [5.74, 6) is -2.45. The van der Waals surface area contributed by atoms with Crippen LogP contribution in [0.4, 0.5) is 0 Å². The summed E-state index contributed by atoms with van der Waals surface area (Å²) in [7, 11) is 2.02. The van der Waals surface area contributed by atoms with E-state index >= 15 is 0 Å². The Bertz CT molecular complexity index is 251. The number of carbonyl (C=O) groups excluding carboxylic acids is 1. The Morgan fingerprint density at radius 3 is 2.60 bits per heavy atom. The van der Waals surface area contributed by atoms with Gasteiger partial charge >= 0.3 is 5.97 Å². The Morgan fingerprint density at radius 1 is 1.53 bits per heavy atom. The summed E-state index contributed by atoms with van der Waals surface area (Å²) in [6.45, 7) is 2.69. The number of aliphatic carboxylic acids is 1. The second kappa shape index (κ2) is 5.11. The molecule has 0 radical (unpaired) electrons. The molecule has 1 amide bonds. The van der Waals surface area contributed by atoms with Crippen LogP contribution >= 0.6 is 0 Å². The van der Waals surface area contributed by atoms with Gasteiger partial charge in [0.2, 0.25) is 5.91 Å². The lowest BCUT2D eigenvalue weighted by molar-refractivity contribution is -0.146. The van der Waals surface area contributed by atoms with Gasteiger partial charge in [-0.3, -0.25) is 9.59 Å². The van der Waals surface area contributed by atoms with Crippen molar-refractivity contribution in [2.45, 2.75) is 25.8 Å². The highest BCUT2D eigenvalue weighted by molar-refractivity contribution is 5.96. The molecule has 1 unspecified atom stereocenters. The van der Waals surface area contributed by atoms with Gasteiger partial charge in [-0.05, 0) is 26.8 Å². The minimum Gasteiger partial charge on any atom is -0.481 e. The van der Waals surface area contributed by atoms with Gasteiger partial charge in [-0.25, -0.2) is 0 Å². The van der Waals surface area contributed by atoms with Crippen molar-refractivity contribution in [2.24, 2.45) is 5.92 Å². The molecule has 0 spiro atoms. The normalized spacial score (nSPS) is 17.5. The fraction of sp³-hybridized carbons (Fsp3) is 0.800. The Labute approximate surface area is 89.4 Å². The average Bonchev–Trinajstić information content (AvgIpc) is 2.99. The number of carboxylic acid groups (broad SMARTS) is 1. The van der Waals surface area contributed by atoms with Gasteiger partial charge in [-0.2, -0.15) is 0 Å². The number of nitrogens with zero attached hydrogens (tertiary/aromatic N) is 1. The first-order chi connectivity index (χ1) is 7.02. The number of rotatable bonds is 6. The number of carbonyl (C=O) groups is 2. The highest BCUT2D eigenvalue weighted by Crippen LogP contribution is 2.24. The van der Waals surface area contributed by atoms with Crippen LogP contribution < -0.4 is 5.32 Å². The van der Waals surface area contributed by atoms with E-state index < -0.39 is 17.8 Å². The van der Waals surface area contributed by atoms with Crippen LogP contribution in [0, 0.1) is 5.92 Å². The summed E-state index contributed by atoms with van der Waals surface area (Å²) in [5.41, 5.74) is 0. The maximum atomic E-state index is 11.2. The molecule has 0 saturated heterocycles. The molecular weight excluding hydrogens is 196 g/mol. The minimum absolute atomic E-state index is 0.410. The van der Waals surface area contributed by atoms with Crippen LogP contribution in [0.1, 0.15) is 19.8 Å². The summed E-state index contributed by atoms with van der Waals surface area (Å²) in [6, 6.07) is 0.666. The molecule has 15 heavy (non-hydrogen) atoms. The molecule has 86 valence electrons. The van der Waals surface area contributed by atoms with Gasteiger partial charge in [0.1, 0.15) is 5.92 Å². The zero-order valence-corrected chi connectivity index (χ0v) is 9.19. The van der Waals surface area contributed by atoms with E-state index in [-0.39, 0.29) is 0 Å². The van der Waals surface area contributed by atoms with Crippen molar-refractivity contribution in [3.8, 4) is 0 Å². The number of carboxylic acids is 1. The summed E-state index contributed by atoms with van der Waals surface area (Å²) < 4.78 is 0. The molecule has 1 aliphatic carbocycles. The smallest absolute Gasteiger partial charge is 0.315 e. The van der Waals surface area contributed by atoms with Crippen molar-refractivity contribution < 1.29 is 14.7 Å². The molecule has 2 N–H and O–H groups in total. The van der Waals surface area contributed by atoms with Crippen molar-refractivity contribution >= 4 is 11.9 Å². The van der Waals surface area contributed by atoms with Crippen molar-refractivity contribution in [1.82, 2.24) is 10.2 Å². The molecule has 0 aromatic heterocycles. The standard InChI is InChI=1S/C10H18N2O3/c1-7(10(14)15)9(13)11-5-6-12(2)8-3-4-8/h7-8H,3-6H2,1-2H3,(H,11,13)(H,14,15). The van der Waals surface area contributed by atoms with E-state index in [4.69, 9.17) is 5.11 Å². The third kappa shape index (κ3) is 3.87. The van der Waals surface area contributed by atoms with Crippen molar-refractivity contribution in [2.75, 3.05) is 20.1 Å². The molecule has 1 rings (SSSR count). The SMILES string of the molecule is CC(C(=O)O)C(=O)NCCN(C)C1CC1. The summed E-state index contributed by atoms with van der Waals surface area (Å²) >= 11 is 0. The lowest BCUT2D eigenvalue weighted by atomic mass is 10.2. The van der Waals surface area contributed by atoms with Crippen LogP contribution in [0.25, 0.3) is 0 Å². The molecule has 0 aliphatic heterocycles. The van der Waals surface area contributed by atoms with Crippen molar-refractivity contribution in [1.29, 1.82) is 0 Å². The number of likely N-dealkylation sites (N-methyl/N-ethyl adjacent to an activating group) is 1. The Hall–Kier alpha value is -1.10. The fourth-order valence-electron chi connectivity index (χ4n) is 1.32. The van der Waals surface area contributed by atoms with E-state index in [9.17, 15) is 9.59 Å². The first kappa shape index (κ1) is 12.0.